The first-order chi connectivity index (χ1) is 14.2. The molecule has 0 atom stereocenters. The quantitative estimate of drug-likeness (QED) is 0.698. The Morgan fingerprint density at radius 1 is 1.17 bits per heavy atom. The third kappa shape index (κ3) is 4.03. The van der Waals surface area contributed by atoms with E-state index in [0.717, 1.165) is 18.4 Å². The Balaban J connectivity index is 1.35. The molecule has 152 valence electrons. The number of hydrogen-bond acceptors (Lipinski definition) is 7. The lowest BCUT2D eigenvalue weighted by atomic mass is 9.97. The molecule has 9 heteroatoms. The molecule has 1 N–H and O–H groups in total. The third-order valence-electron chi connectivity index (χ3n) is 4.99. The minimum atomic E-state index is -0.170. The van der Waals surface area contributed by atoms with Gasteiger partial charge in [-0.15, -0.1) is 10.2 Å². The molecule has 1 aliphatic heterocycles. The Labute approximate surface area is 167 Å². The standard InChI is InChI=1S/C20H22N4O5/c1-26-15-3-4-16(17(11-15)27-2)21-20(25)24-8-5-13(6-9-24)18-22-23-19(29-18)14-7-10-28-12-14/h3-4,7,10-13H,5-6,8-9H2,1-2H3,(H,21,25). The first-order valence-electron chi connectivity index (χ1n) is 9.32. The molecule has 1 aromatic carbocycles. The second-order valence-electron chi connectivity index (χ2n) is 6.72. The van der Waals surface area contributed by atoms with Crippen LogP contribution in [0.3, 0.4) is 0 Å². The third-order valence-corrected chi connectivity index (χ3v) is 4.99. The Hall–Kier alpha value is -3.49. The van der Waals surface area contributed by atoms with Gasteiger partial charge in [0.15, 0.2) is 0 Å². The number of carbonyl (C=O) groups excluding carboxylic acids is 1. The van der Waals surface area contributed by atoms with E-state index < -0.39 is 0 Å². The zero-order chi connectivity index (χ0) is 20.2. The largest absolute Gasteiger partial charge is 0.497 e. The zero-order valence-corrected chi connectivity index (χ0v) is 16.3. The molecule has 29 heavy (non-hydrogen) atoms. The van der Waals surface area contributed by atoms with Gasteiger partial charge in [0.2, 0.25) is 5.89 Å². The van der Waals surface area contributed by atoms with E-state index in [4.69, 9.17) is 18.3 Å². The molecule has 0 aliphatic carbocycles. The number of furan rings is 1. The fourth-order valence-corrected chi connectivity index (χ4v) is 3.33. The van der Waals surface area contributed by atoms with Crippen LogP contribution >= 0.6 is 0 Å². The highest BCUT2D eigenvalue weighted by Gasteiger charge is 2.28. The summed E-state index contributed by atoms with van der Waals surface area (Å²) in [4.78, 5) is 14.4. The van der Waals surface area contributed by atoms with Crippen LogP contribution in [0, 0.1) is 0 Å². The number of aromatic nitrogens is 2. The maximum absolute atomic E-state index is 12.7. The molecule has 2 aromatic heterocycles. The number of nitrogens with one attached hydrogen (secondary N) is 1. The molecule has 3 heterocycles. The lowest BCUT2D eigenvalue weighted by Crippen LogP contribution is -2.40. The first kappa shape index (κ1) is 18.9. The van der Waals surface area contributed by atoms with Crippen LogP contribution in [0.15, 0.2) is 45.6 Å². The molecule has 1 fully saturated rings. The van der Waals surface area contributed by atoms with Gasteiger partial charge in [-0.2, -0.15) is 0 Å². The van der Waals surface area contributed by atoms with Gasteiger partial charge in [-0.1, -0.05) is 0 Å². The Kier molecular flexibility index (Phi) is 5.37. The number of rotatable bonds is 5. The van der Waals surface area contributed by atoms with Crippen LogP contribution in [-0.4, -0.2) is 48.4 Å². The number of methoxy groups -OCH3 is 2. The molecule has 0 radical (unpaired) electrons. The van der Waals surface area contributed by atoms with Crippen LogP contribution in [-0.2, 0) is 0 Å². The summed E-state index contributed by atoms with van der Waals surface area (Å²) in [7, 11) is 3.14. The first-order valence-corrected chi connectivity index (χ1v) is 9.32. The van der Waals surface area contributed by atoms with Crippen LogP contribution in [0.1, 0.15) is 24.7 Å². The molecule has 1 saturated heterocycles. The molecule has 0 bridgehead atoms. The molecule has 0 spiro atoms. The topological polar surface area (TPSA) is 103 Å². The number of anilines is 1. The lowest BCUT2D eigenvalue weighted by Gasteiger charge is -2.30. The van der Waals surface area contributed by atoms with Gasteiger partial charge in [0.25, 0.3) is 5.89 Å². The van der Waals surface area contributed by atoms with Crippen molar-refractivity contribution in [3.8, 4) is 23.0 Å². The minimum Gasteiger partial charge on any atom is -0.497 e. The summed E-state index contributed by atoms with van der Waals surface area (Å²) >= 11 is 0. The van der Waals surface area contributed by atoms with Crippen LogP contribution in [0.4, 0.5) is 10.5 Å². The van der Waals surface area contributed by atoms with Crippen LogP contribution in [0.25, 0.3) is 11.5 Å². The van der Waals surface area contributed by atoms with E-state index >= 15 is 0 Å². The SMILES string of the molecule is COc1ccc(NC(=O)N2CCC(c3nnc(-c4ccoc4)o3)CC2)c(OC)c1. The maximum Gasteiger partial charge on any atom is 0.321 e. The van der Waals surface area contributed by atoms with Crippen molar-refractivity contribution in [2.45, 2.75) is 18.8 Å². The van der Waals surface area contributed by atoms with E-state index in [1.165, 1.54) is 0 Å². The molecule has 3 aromatic rings. The van der Waals surface area contributed by atoms with Gasteiger partial charge in [-0.25, -0.2) is 4.79 Å². The van der Waals surface area contributed by atoms with Crippen molar-refractivity contribution in [3.63, 3.8) is 0 Å². The summed E-state index contributed by atoms with van der Waals surface area (Å²) in [6.07, 6.45) is 4.63. The van der Waals surface area contributed by atoms with Crippen molar-refractivity contribution >= 4 is 11.7 Å². The van der Waals surface area contributed by atoms with E-state index in [0.29, 0.717) is 42.1 Å². The lowest BCUT2D eigenvalue weighted by molar-refractivity contribution is 0.190. The fraction of sp³-hybridized carbons (Fsp3) is 0.350. The minimum absolute atomic E-state index is 0.128. The summed E-state index contributed by atoms with van der Waals surface area (Å²) in [5.74, 6) is 2.38. The van der Waals surface area contributed by atoms with Crippen molar-refractivity contribution in [1.82, 2.24) is 15.1 Å². The summed E-state index contributed by atoms with van der Waals surface area (Å²) in [5, 5.41) is 11.2. The predicted molar refractivity (Wildman–Crippen MR) is 104 cm³/mol. The molecule has 0 unspecified atom stereocenters. The van der Waals surface area contributed by atoms with Crippen molar-refractivity contribution in [1.29, 1.82) is 0 Å². The van der Waals surface area contributed by atoms with Gasteiger partial charge >= 0.3 is 6.03 Å². The normalized spacial score (nSPS) is 14.6. The van der Waals surface area contributed by atoms with E-state index in [1.807, 2.05) is 0 Å². The van der Waals surface area contributed by atoms with Crippen LogP contribution in [0.5, 0.6) is 11.5 Å². The van der Waals surface area contributed by atoms with Gasteiger partial charge in [-0.3, -0.25) is 0 Å². The number of hydrogen-bond donors (Lipinski definition) is 1. The molecule has 1 aliphatic rings. The summed E-state index contributed by atoms with van der Waals surface area (Å²) < 4.78 is 21.3. The van der Waals surface area contributed by atoms with Crippen molar-refractivity contribution < 1.29 is 23.1 Å². The highest BCUT2D eigenvalue weighted by atomic mass is 16.5. The molecule has 9 nitrogen and oxygen atoms in total. The monoisotopic (exact) mass is 398 g/mol. The number of urea groups is 1. The second kappa shape index (κ2) is 8.26. The zero-order valence-electron chi connectivity index (χ0n) is 16.3. The molecule has 0 saturated carbocycles. The number of carbonyl (C=O) groups is 1. The van der Waals surface area contributed by atoms with Crippen molar-refractivity contribution in [3.05, 3.63) is 42.7 Å². The number of ether oxygens (including phenoxy) is 2. The maximum atomic E-state index is 12.7. The van der Waals surface area contributed by atoms with Gasteiger partial charge in [0.05, 0.1) is 31.7 Å². The van der Waals surface area contributed by atoms with Gasteiger partial charge in [0.1, 0.15) is 17.8 Å². The van der Waals surface area contributed by atoms with Gasteiger partial charge < -0.3 is 28.5 Å². The van der Waals surface area contributed by atoms with E-state index in [-0.39, 0.29) is 11.9 Å². The fourth-order valence-electron chi connectivity index (χ4n) is 3.33. The van der Waals surface area contributed by atoms with E-state index in [2.05, 4.69) is 15.5 Å². The van der Waals surface area contributed by atoms with Crippen LogP contribution in [0.2, 0.25) is 0 Å². The van der Waals surface area contributed by atoms with Crippen LogP contribution < -0.4 is 14.8 Å². The summed E-state index contributed by atoms with van der Waals surface area (Å²) in [6, 6.07) is 6.87. The average molecular weight is 398 g/mol. The van der Waals surface area contributed by atoms with Crippen molar-refractivity contribution in [2.24, 2.45) is 0 Å². The highest BCUT2D eigenvalue weighted by Crippen LogP contribution is 2.31. The molecule has 2 amide bonds. The number of piperidine rings is 1. The smallest absolute Gasteiger partial charge is 0.321 e. The summed E-state index contributed by atoms with van der Waals surface area (Å²) in [5.41, 5.74) is 1.36. The number of likely N-dealkylation sites (tertiary alicyclic amines) is 1. The Morgan fingerprint density at radius 2 is 2.00 bits per heavy atom. The average Bonchev–Trinajstić information content (AvgIpc) is 3.46. The number of amides is 2. The van der Waals surface area contributed by atoms with Crippen molar-refractivity contribution in [2.75, 3.05) is 32.6 Å². The van der Waals surface area contributed by atoms with E-state index in [9.17, 15) is 4.79 Å². The number of nitrogens with zero attached hydrogens (tertiary/aromatic N) is 3. The van der Waals surface area contributed by atoms with E-state index in [1.54, 1.807) is 55.9 Å². The highest BCUT2D eigenvalue weighted by molar-refractivity contribution is 5.91. The molecule has 4 rings (SSSR count). The summed E-state index contributed by atoms with van der Waals surface area (Å²) in [6.45, 7) is 1.19. The number of benzene rings is 1. The van der Waals surface area contributed by atoms with Gasteiger partial charge in [-0.05, 0) is 31.0 Å². The van der Waals surface area contributed by atoms with Gasteiger partial charge in [0, 0.05) is 25.1 Å². The Bertz CT molecular complexity index is 961. The predicted octanol–water partition coefficient (Wildman–Crippen LogP) is 3.76. The molecular formula is C20H22N4O5. The Morgan fingerprint density at radius 3 is 2.69 bits per heavy atom. The second-order valence-corrected chi connectivity index (χ2v) is 6.72. The molecular weight excluding hydrogens is 376 g/mol.